The Kier molecular flexibility index (Phi) is 6.84. The minimum atomic E-state index is 0.116. The molecule has 0 aromatic carbocycles. The summed E-state index contributed by atoms with van der Waals surface area (Å²) in [5.41, 5.74) is 5.60. The van der Waals surface area contributed by atoms with Gasteiger partial charge in [-0.3, -0.25) is 9.69 Å². The van der Waals surface area contributed by atoms with Gasteiger partial charge in [-0.2, -0.15) is 11.8 Å². The van der Waals surface area contributed by atoms with Gasteiger partial charge < -0.3 is 11.1 Å². The predicted octanol–water partition coefficient (Wildman–Crippen LogP) is 0.279. The normalized spacial score (nSPS) is 19.4. The summed E-state index contributed by atoms with van der Waals surface area (Å²) in [6.45, 7) is 5.98. The van der Waals surface area contributed by atoms with Crippen LogP contribution in [-0.2, 0) is 4.79 Å². The number of nitrogens with two attached hydrogens (primary N) is 1. The van der Waals surface area contributed by atoms with Gasteiger partial charge in [0.1, 0.15) is 0 Å². The summed E-state index contributed by atoms with van der Waals surface area (Å²) in [4.78, 5) is 13.8. The maximum absolute atomic E-state index is 11.4. The van der Waals surface area contributed by atoms with Crippen molar-refractivity contribution in [2.24, 2.45) is 5.73 Å². The van der Waals surface area contributed by atoms with E-state index >= 15 is 0 Å². The van der Waals surface area contributed by atoms with Crippen molar-refractivity contribution in [1.82, 2.24) is 10.2 Å². The first-order valence-corrected chi connectivity index (χ1v) is 7.16. The molecule has 1 rings (SSSR count). The molecule has 1 aliphatic rings. The highest BCUT2D eigenvalue weighted by Gasteiger charge is 2.10. The summed E-state index contributed by atoms with van der Waals surface area (Å²) in [6, 6.07) is 0.116. The zero-order chi connectivity index (χ0) is 11.8. The monoisotopic (exact) mass is 245 g/mol. The molecule has 0 aromatic heterocycles. The van der Waals surface area contributed by atoms with Crippen LogP contribution >= 0.6 is 11.8 Å². The molecule has 0 spiro atoms. The van der Waals surface area contributed by atoms with Gasteiger partial charge in [-0.1, -0.05) is 0 Å². The van der Waals surface area contributed by atoms with Crippen molar-refractivity contribution in [3.63, 3.8) is 0 Å². The van der Waals surface area contributed by atoms with E-state index in [-0.39, 0.29) is 11.9 Å². The molecular weight excluding hydrogens is 222 g/mol. The highest BCUT2D eigenvalue weighted by Crippen LogP contribution is 2.07. The van der Waals surface area contributed by atoms with Crippen LogP contribution in [0.3, 0.4) is 0 Å². The number of hydrogen-bond donors (Lipinski definition) is 2. The van der Waals surface area contributed by atoms with Gasteiger partial charge in [0, 0.05) is 50.1 Å². The highest BCUT2D eigenvalue weighted by molar-refractivity contribution is 7.99. The summed E-state index contributed by atoms with van der Waals surface area (Å²) in [5, 5.41) is 2.94. The first kappa shape index (κ1) is 13.8. The van der Waals surface area contributed by atoms with Gasteiger partial charge >= 0.3 is 0 Å². The molecule has 16 heavy (non-hydrogen) atoms. The number of thioether (sulfide) groups is 1. The lowest BCUT2D eigenvalue weighted by Gasteiger charge is -2.26. The van der Waals surface area contributed by atoms with Crippen molar-refractivity contribution in [2.45, 2.75) is 25.8 Å². The van der Waals surface area contributed by atoms with Crippen LogP contribution in [0.15, 0.2) is 0 Å². The third-order valence-electron chi connectivity index (χ3n) is 2.68. The molecule has 1 amide bonds. The van der Waals surface area contributed by atoms with E-state index in [1.165, 1.54) is 11.5 Å². The second kappa shape index (κ2) is 7.92. The molecule has 3 N–H and O–H groups in total. The average molecular weight is 245 g/mol. The Morgan fingerprint density at radius 3 is 2.81 bits per heavy atom. The molecule has 1 saturated heterocycles. The summed E-state index contributed by atoms with van der Waals surface area (Å²) in [7, 11) is 0. The Bertz CT molecular complexity index is 205. The first-order valence-electron chi connectivity index (χ1n) is 6.01. The van der Waals surface area contributed by atoms with Crippen LogP contribution in [0.1, 0.15) is 19.8 Å². The molecule has 0 aliphatic carbocycles. The van der Waals surface area contributed by atoms with E-state index in [1.54, 1.807) is 0 Å². The SMILES string of the molecule is CC(N)CCC(=O)NCCN1CCSCC1. The van der Waals surface area contributed by atoms with Crippen LogP contribution in [0.25, 0.3) is 0 Å². The van der Waals surface area contributed by atoms with E-state index < -0.39 is 0 Å². The van der Waals surface area contributed by atoms with Crippen molar-refractivity contribution in [2.75, 3.05) is 37.7 Å². The molecule has 4 nitrogen and oxygen atoms in total. The minimum Gasteiger partial charge on any atom is -0.355 e. The molecule has 1 atom stereocenters. The van der Waals surface area contributed by atoms with E-state index in [1.807, 2.05) is 18.7 Å². The molecule has 0 saturated carbocycles. The lowest BCUT2D eigenvalue weighted by atomic mass is 10.2. The van der Waals surface area contributed by atoms with Crippen LogP contribution in [0.2, 0.25) is 0 Å². The Morgan fingerprint density at radius 1 is 1.50 bits per heavy atom. The Labute approximate surface area is 102 Å². The first-order chi connectivity index (χ1) is 7.68. The minimum absolute atomic E-state index is 0.116. The fourth-order valence-electron chi connectivity index (χ4n) is 1.63. The number of rotatable bonds is 6. The number of nitrogens with one attached hydrogen (secondary N) is 1. The lowest BCUT2D eigenvalue weighted by Crippen LogP contribution is -2.39. The number of amides is 1. The smallest absolute Gasteiger partial charge is 0.220 e. The quantitative estimate of drug-likeness (QED) is 0.706. The second-order valence-electron chi connectivity index (χ2n) is 4.32. The summed E-state index contributed by atoms with van der Waals surface area (Å²) in [6.07, 6.45) is 1.32. The van der Waals surface area contributed by atoms with E-state index in [4.69, 9.17) is 5.73 Å². The van der Waals surface area contributed by atoms with Crippen LogP contribution in [0.4, 0.5) is 0 Å². The molecule has 0 radical (unpaired) electrons. The van der Waals surface area contributed by atoms with Gasteiger partial charge in [0.15, 0.2) is 0 Å². The maximum atomic E-state index is 11.4. The fourth-order valence-corrected chi connectivity index (χ4v) is 2.60. The molecule has 5 heteroatoms. The number of carbonyl (C=O) groups excluding carboxylic acids is 1. The number of carbonyl (C=O) groups is 1. The van der Waals surface area contributed by atoms with Gasteiger partial charge in [0.05, 0.1) is 0 Å². The molecule has 0 aromatic rings. The predicted molar refractivity (Wildman–Crippen MR) is 69.7 cm³/mol. The molecule has 0 bridgehead atoms. The van der Waals surface area contributed by atoms with Crippen molar-refractivity contribution in [3.05, 3.63) is 0 Å². The van der Waals surface area contributed by atoms with E-state index in [0.29, 0.717) is 6.42 Å². The van der Waals surface area contributed by atoms with Crippen molar-refractivity contribution >= 4 is 17.7 Å². The van der Waals surface area contributed by atoms with Crippen LogP contribution in [0, 0.1) is 0 Å². The number of hydrogen-bond acceptors (Lipinski definition) is 4. The van der Waals surface area contributed by atoms with Crippen LogP contribution in [0.5, 0.6) is 0 Å². The van der Waals surface area contributed by atoms with E-state index in [2.05, 4.69) is 10.2 Å². The maximum Gasteiger partial charge on any atom is 0.220 e. The Hall–Kier alpha value is -0.260. The Balaban J connectivity index is 1.99. The van der Waals surface area contributed by atoms with Crippen LogP contribution in [-0.4, -0.2) is 54.5 Å². The largest absolute Gasteiger partial charge is 0.355 e. The third kappa shape index (κ3) is 6.35. The molecule has 94 valence electrons. The zero-order valence-corrected chi connectivity index (χ0v) is 10.9. The standard InChI is InChI=1S/C11H23N3OS/c1-10(12)2-3-11(15)13-4-5-14-6-8-16-9-7-14/h10H,2-9,12H2,1H3,(H,13,15). The second-order valence-corrected chi connectivity index (χ2v) is 5.54. The number of nitrogens with zero attached hydrogens (tertiary/aromatic N) is 1. The molecular formula is C11H23N3OS. The van der Waals surface area contributed by atoms with E-state index in [9.17, 15) is 4.79 Å². The molecule has 1 heterocycles. The highest BCUT2D eigenvalue weighted by atomic mass is 32.2. The van der Waals surface area contributed by atoms with Gasteiger partial charge in [-0.05, 0) is 13.3 Å². The van der Waals surface area contributed by atoms with Gasteiger partial charge in [0.25, 0.3) is 0 Å². The fraction of sp³-hybridized carbons (Fsp3) is 0.909. The van der Waals surface area contributed by atoms with Gasteiger partial charge in [-0.15, -0.1) is 0 Å². The van der Waals surface area contributed by atoms with Gasteiger partial charge in [0.2, 0.25) is 5.91 Å². The van der Waals surface area contributed by atoms with E-state index in [0.717, 1.165) is 32.6 Å². The van der Waals surface area contributed by atoms with Crippen LogP contribution < -0.4 is 11.1 Å². The van der Waals surface area contributed by atoms with Gasteiger partial charge in [-0.25, -0.2) is 0 Å². The summed E-state index contributed by atoms with van der Waals surface area (Å²) < 4.78 is 0. The summed E-state index contributed by atoms with van der Waals surface area (Å²) in [5.74, 6) is 2.57. The summed E-state index contributed by atoms with van der Waals surface area (Å²) >= 11 is 2.01. The third-order valence-corrected chi connectivity index (χ3v) is 3.62. The topological polar surface area (TPSA) is 58.4 Å². The molecule has 1 aliphatic heterocycles. The van der Waals surface area contributed by atoms with Crippen molar-refractivity contribution < 1.29 is 4.79 Å². The average Bonchev–Trinajstić information content (AvgIpc) is 2.28. The Morgan fingerprint density at radius 2 is 2.19 bits per heavy atom. The lowest BCUT2D eigenvalue weighted by molar-refractivity contribution is -0.121. The zero-order valence-electron chi connectivity index (χ0n) is 10.1. The van der Waals surface area contributed by atoms with Crippen molar-refractivity contribution in [3.8, 4) is 0 Å². The molecule has 1 unspecified atom stereocenters. The molecule has 1 fully saturated rings. The van der Waals surface area contributed by atoms with Crippen molar-refractivity contribution in [1.29, 1.82) is 0 Å².